The molecule has 0 unspecified atom stereocenters. The average Bonchev–Trinajstić information content (AvgIpc) is 3.63. The van der Waals surface area contributed by atoms with Crippen LogP contribution in [-0.2, 0) is 6.61 Å². The first-order chi connectivity index (χ1) is 20.0. The number of hydrogen-bond donors (Lipinski definition) is 1. The molecule has 204 valence electrons. The third-order valence-corrected chi connectivity index (χ3v) is 7.32. The number of hydrazone groups is 1. The van der Waals surface area contributed by atoms with Crippen LogP contribution in [0.15, 0.2) is 113 Å². The van der Waals surface area contributed by atoms with Crippen molar-refractivity contribution in [3.8, 4) is 34.2 Å². The molecule has 0 bridgehead atoms. The molecule has 0 saturated carbocycles. The molecule has 5 aromatic rings. The highest BCUT2D eigenvalue weighted by Gasteiger charge is 2.14. The van der Waals surface area contributed by atoms with E-state index in [0.29, 0.717) is 17.9 Å². The number of amides is 1. The van der Waals surface area contributed by atoms with Gasteiger partial charge in [-0.15, -0.1) is 0 Å². The third kappa shape index (κ3) is 5.88. The molecule has 0 atom stereocenters. The Morgan fingerprint density at radius 3 is 2.56 bits per heavy atom. The maximum Gasteiger partial charge on any atom is 0.271 e. The highest BCUT2D eigenvalue weighted by atomic mass is 79.9. The highest BCUT2D eigenvalue weighted by molar-refractivity contribution is 9.10. The Morgan fingerprint density at radius 1 is 0.951 bits per heavy atom. The number of aryl methyl sites for hydroxylation is 1. The number of carbonyl (C=O) groups excluding carboxylic acids is 1. The zero-order valence-corrected chi connectivity index (χ0v) is 23.8. The van der Waals surface area contributed by atoms with Crippen molar-refractivity contribution in [1.29, 1.82) is 0 Å². The van der Waals surface area contributed by atoms with Crippen LogP contribution in [0, 0.1) is 6.92 Å². The van der Waals surface area contributed by atoms with Gasteiger partial charge in [-0.3, -0.25) is 4.79 Å². The van der Waals surface area contributed by atoms with E-state index in [4.69, 9.17) is 14.2 Å². The SMILES string of the molecule is Cc1ccc(-c2ccccc2)n1-c1ccc(C(=O)N/N=C/c2ccc(OCc3ccc4c(c3)OCO4)c(Br)c2)cc1. The van der Waals surface area contributed by atoms with Gasteiger partial charge in [0.1, 0.15) is 12.4 Å². The van der Waals surface area contributed by atoms with Crippen molar-refractivity contribution in [2.75, 3.05) is 6.79 Å². The van der Waals surface area contributed by atoms with Gasteiger partial charge in [0.05, 0.1) is 16.4 Å². The van der Waals surface area contributed by atoms with Gasteiger partial charge in [0.2, 0.25) is 6.79 Å². The zero-order valence-electron chi connectivity index (χ0n) is 22.2. The Kier molecular flexibility index (Phi) is 7.56. The van der Waals surface area contributed by atoms with Crippen molar-refractivity contribution < 1.29 is 19.0 Å². The molecule has 0 spiro atoms. The lowest BCUT2D eigenvalue weighted by Crippen LogP contribution is -2.17. The molecule has 4 aromatic carbocycles. The molecule has 41 heavy (non-hydrogen) atoms. The first kappa shape index (κ1) is 26.4. The first-order valence-corrected chi connectivity index (χ1v) is 13.8. The van der Waals surface area contributed by atoms with Crippen LogP contribution in [0.25, 0.3) is 16.9 Å². The average molecular weight is 608 g/mol. The number of hydrogen-bond acceptors (Lipinski definition) is 5. The molecule has 0 saturated heterocycles. The number of rotatable bonds is 8. The summed E-state index contributed by atoms with van der Waals surface area (Å²) in [6, 6.07) is 33.3. The number of benzene rings is 4. The Balaban J connectivity index is 1.06. The first-order valence-electron chi connectivity index (χ1n) is 13.0. The maximum atomic E-state index is 12.7. The summed E-state index contributed by atoms with van der Waals surface area (Å²) in [4.78, 5) is 12.7. The Labute approximate surface area is 246 Å². The van der Waals surface area contributed by atoms with Gasteiger partial charge in [-0.25, -0.2) is 5.43 Å². The summed E-state index contributed by atoms with van der Waals surface area (Å²) in [5, 5.41) is 4.14. The van der Waals surface area contributed by atoms with Gasteiger partial charge in [0.25, 0.3) is 5.91 Å². The van der Waals surface area contributed by atoms with Gasteiger partial charge >= 0.3 is 0 Å². The van der Waals surface area contributed by atoms with E-state index in [2.05, 4.69) is 62.2 Å². The van der Waals surface area contributed by atoms with Crippen molar-refractivity contribution in [3.05, 3.63) is 130 Å². The van der Waals surface area contributed by atoms with E-state index in [-0.39, 0.29) is 12.7 Å². The van der Waals surface area contributed by atoms with Crippen molar-refractivity contribution in [2.45, 2.75) is 13.5 Å². The van der Waals surface area contributed by atoms with E-state index in [9.17, 15) is 4.79 Å². The topological polar surface area (TPSA) is 74.1 Å². The fourth-order valence-electron chi connectivity index (χ4n) is 4.61. The second-order valence-corrected chi connectivity index (χ2v) is 10.3. The van der Waals surface area contributed by atoms with Crippen LogP contribution < -0.4 is 19.6 Å². The number of fused-ring (bicyclic) bond motifs is 1. The lowest BCUT2D eigenvalue weighted by Gasteiger charge is -2.12. The summed E-state index contributed by atoms with van der Waals surface area (Å²) < 4.78 is 19.7. The van der Waals surface area contributed by atoms with Gasteiger partial charge in [0, 0.05) is 16.9 Å². The van der Waals surface area contributed by atoms with E-state index >= 15 is 0 Å². The van der Waals surface area contributed by atoms with E-state index < -0.39 is 0 Å². The second-order valence-electron chi connectivity index (χ2n) is 9.47. The summed E-state index contributed by atoms with van der Waals surface area (Å²) in [5.74, 6) is 1.87. The summed E-state index contributed by atoms with van der Waals surface area (Å²) in [7, 11) is 0. The van der Waals surface area contributed by atoms with Crippen molar-refractivity contribution in [3.63, 3.8) is 0 Å². The molecule has 8 heteroatoms. The molecule has 2 heterocycles. The molecule has 7 nitrogen and oxygen atoms in total. The van der Waals surface area contributed by atoms with Crippen LogP contribution in [-0.4, -0.2) is 23.5 Å². The van der Waals surface area contributed by atoms with Crippen LogP contribution in [0.2, 0.25) is 0 Å². The van der Waals surface area contributed by atoms with Crippen LogP contribution in [0.4, 0.5) is 0 Å². The van der Waals surface area contributed by atoms with Crippen LogP contribution >= 0.6 is 15.9 Å². The van der Waals surface area contributed by atoms with Gasteiger partial charge in [-0.05, 0) is 106 Å². The summed E-state index contributed by atoms with van der Waals surface area (Å²) >= 11 is 3.56. The molecule has 0 fully saturated rings. The Bertz CT molecular complexity index is 1730. The van der Waals surface area contributed by atoms with Gasteiger partial charge < -0.3 is 18.8 Å². The highest BCUT2D eigenvalue weighted by Crippen LogP contribution is 2.33. The largest absolute Gasteiger partial charge is 0.488 e. The van der Waals surface area contributed by atoms with Crippen LogP contribution in [0.5, 0.6) is 17.2 Å². The smallest absolute Gasteiger partial charge is 0.271 e. The quantitative estimate of drug-likeness (QED) is 0.148. The fourth-order valence-corrected chi connectivity index (χ4v) is 5.12. The molecular formula is C33H26BrN3O4. The summed E-state index contributed by atoms with van der Waals surface area (Å²) in [5.41, 5.74) is 9.23. The van der Waals surface area contributed by atoms with Gasteiger partial charge in [-0.1, -0.05) is 36.4 Å². The predicted octanol–water partition coefficient (Wildman–Crippen LogP) is 7.29. The van der Waals surface area contributed by atoms with Crippen LogP contribution in [0.1, 0.15) is 27.2 Å². The number of nitrogens with zero attached hydrogens (tertiary/aromatic N) is 2. The van der Waals surface area contributed by atoms with Gasteiger partial charge in [-0.2, -0.15) is 5.10 Å². The molecule has 6 rings (SSSR count). The Morgan fingerprint density at radius 2 is 1.76 bits per heavy atom. The Hall–Kier alpha value is -4.82. The van der Waals surface area contributed by atoms with E-state index in [1.807, 2.05) is 66.7 Å². The zero-order chi connectivity index (χ0) is 28.2. The van der Waals surface area contributed by atoms with E-state index in [1.165, 1.54) is 0 Å². The molecule has 1 N–H and O–H groups in total. The minimum atomic E-state index is -0.289. The summed E-state index contributed by atoms with van der Waals surface area (Å²) in [6.07, 6.45) is 1.59. The summed E-state index contributed by atoms with van der Waals surface area (Å²) in [6.45, 7) is 2.69. The van der Waals surface area contributed by atoms with Crippen LogP contribution in [0.3, 0.4) is 0 Å². The standard InChI is InChI=1S/C33H26BrN3O4/c1-22-7-14-29(25-5-3-2-4-6-25)37(22)27-12-10-26(11-13-27)33(38)36-35-19-23-8-15-30(28(34)17-23)39-20-24-9-16-31-32(18-24)41-21-40-31/h2-19H,20-21H2,1H3,(H,36,38)/b35-19+. The second kappa shape index (κ2) is 11.7. The fraction of sp³-hybridized carbons (Fsp3) is 0.0909. The predicted molar refractivity (Wildman–Crippen MR) is 162 cm³/mol. The minimum Gasteiger partial charge on any atom is -0.488 e. The molecular weight excluding hydrogens is 582 g/mol. The number of ether oxygens (including phenoxy) is 3. The van der Waals surface area contributed by atoms with Crippen molar-refractivity contribution in [2.24, 2.45) is 5.10 Å². The number of nitrogens with one attached hydrogen (secondary N) is 1. The molecule has 1 aromatic heterocycles. The lowest BCUT2D eigenvalue weighted by atomic mass is 10.1. The van der Waals surface area contributed by atoms with E-state index in [0.717, 1.165) is 49.7 Å². The molecule has 0 aliphatic carbocycles. The van der Waals surface area contributed by atoms with Crippen molar-refractivity contribution in [1.82, 2.24) is 9.99 Å². The molecule has 1 amide bonds. The van der Waals surface area contributed by atoms with E-state index in [1.54, 1.807) is 18.3 Å². The molecule has 1 aliphatic heterocycles. The van der Waals surface area contributed by atoms with Crippen molar-refractivity contribution >= 4 is 28.1 Å². The normalized spacial score (nSPS) is 12.0. The maximum absolute atomic E-state index is 12.7. The number of carbonyl (C=O) groups is 1. The monoisotopic (exact) mass is 607 g/mol. The minimum absolute atomic E-state index is 0.241. The number of halogens is 1. The third-order valence-electron chi connectivity index (χ3n) is 6.70. The number of aromatic nitrogens is 1. The molecule has 1 aliphatic rings. The lowest BCUT2D eigenvalue weighted by molar-refractivity contribution is 0.0955. The molecule has 0 radical (unpaired) electrons. The van der Waals surface area contributed by atoms with Gasteiger partial charge in [0.15, 0.2) is 11.5 Å².